The Morgan fingerprint density at radius 1 is 1.14 bits per heavy atom. The largest absolute Gasteiger partial charge is 0.438 e. The number of oxazole rings is 1. The zero-order chi connectivity index (χ0) is 14.9. The van der Waals surface area contributed by atoms with Crippen molar-refractivity contribution in [2.45, 2.75) is 19.9 Å². The Bertz CT molecular complexity index is 797. The number of rotatable bonds is 2. The second-order valence-electron chi connectivity index (χ2n) is 5.43. The van der Waals surface area contributed by atoms with Crippen molar-refractivity contribution in [1.82, 2.24) is 15.0 Å². The summed E-state index contributed by atoms with van der Waals surface area (Å²) in [7, 11) is 0. The summed E-state index contributed by atoms with van der Waals surface area (Å²) in [6.45, 7) is 3.68. The van der Waals surface area contributed by atoms with Crippen molar-refractivity contribution in [1.29, 1.82) is 0 Å². The van der Waals surface area contributed by atoms with Gasteiger partial charge in [-0.25, -0.2) is 4.98 Å². The lowest BCUT2D eigenvalue weighted by Crippen LogP contribution is -2.29. The molecule has 0 aliphatic carbocycles. The first kappa shape index (κ1) is 13.0. The summed E-state index contributed by atoms with van der Waals surface area (Å²) >= 11 is 0. The molecule has 0 saturated carbocycles. The second-order valence-corrected chi connectivity index (χ2v) is 5.43. The van der Waals surface area contributed by atoms with Crippen LogP contribution in [0.15, 0.2) is 47.1 Å². The van der Waals surface area contributed by atoms with Gasteiger partial charge in [0.25, 0.3) is 0 Å². The summed E-state index contributed by atoms with van der Waals surface area (Å²) in [5.74, 6) is 1.54. The fourth-order valence-electron chi connectivity index (χ4n) is 2.74. The van der Waals surface area contributed by atoms with Gasteiger partial charge in [0, 0.05) is 36.7 Å². The van der Waals surface area contributed by atoms with Gasteiger partial charge in [-0.3, -0.25) is 9.97 Å². The van der Waals surface area contributed by atoms with E-state index >= 15 is 0 Å². The molecule has 5 heteroatoms. The van der Waals surface area contributed by atoms with Crippen molar-refractivity contribution < 1.29 is 4.42 Å². The van der Waals surface area contributed by atoms with Crippen LogP contribution < -0.4 is 4.90 Å². The molecule has 0 bridgehead atoms. The Morgan fingerprint density at radius 2 is 2.09 bits per heavy atom. The van der Waals surface area contributed by atoms with Crippen molar-refractivity contribution in [3.8, 4) is 11.6 Å². The highest BCUT2D eigenvalue weighted by molar-refractivity contribution is 5.51. The van der Waals surface area contributed by atoms with Crippen LogP contribution in [0.25, 0.3) is 11.6 Å². The second kappa shape index (κ2) is 5.26. The zero-order valence-electron chi connectivity index (χ0n) is 12.4. The third-order valence-corrected chi connectivity index (χ3v) is 3.86. The minimum Gasteiger partial charge on any atom is -0.438 e. The first-order valence-corrected chi connectivity index (χ1v) is 7.37. The molecule has 0 aromatic carbocycles. The van der Waals surface area contributed by atoms with Gasteiger partial charge in [-0.15, -0.1) is 0 Å². The molecule has 0 atom stereocenters. The summed E-state index contributed by atoms with van der Waals surface area (Å²) in [4.78, 5) is 15.4. The van der Waals surface area contributed by atoms with Gasteiger partial charge in [-0.2, -0.15) is 0 Å². The van der Waals surface area contributed by atoms with E-state index in [1.54, 1.807) is 6.20 Å². The van der Waals surface area contributed by atoms with E-state index in [2.05, 4.69) is 25.9 Å². The molecule has 3 aromatic rings. The van der Waals surface area contributed by atoms with Gasteiger partial charge in [-0.1, -0.05) is 6.07 Å². The summed E-state index contributed by atoms with van der Waals surface area (Å²) in [5.41, 5.74) is 4.02. The molecule has 5 nitrogen and oxygen atoms in total. The quantitative estimate of drug-likeness (QED) is 0.726. The molecule has 0 unspecified atom stereocenters. The Morgan fingerprint density at radius 3 is 2.91 bits per heavy atom. The highest BCUT2D eigenvalue weighted by Crippen LogP contribution is 2.27. The molecule has 0 N–H and O–H groups in total. The molecule has 22 heavy (non-hydrogen) atoms. The number of nitrogens with zero attached hydrogens (tertiary/aromatic N) is 4. The standard InChI is InChI=1S/C17H16N4O/c1-12-10-13(5-8-18-12)21-9-6-14-16(11-21)22-17(20-14)15-4-2-3-7-19-15/h2-5,7-8,10H,6,9,11H2,1H3. The minimum absolute atomic E-state index is 0.610. The fourth-order valence-corrected chi connectivity index (χ4v) is 2.74. The minimum atomic E-state index is 0.610. The van der Waals surface area contributed by atoms with Crippen molar-refractivity contribution in [3.63, 3.8) is 0 Å². The molecular formula is C17H16N4O. The van der Waals surface area contributed by atoms with E-state index in [0.717, 1.165) is 42.4 Å². The summed E-state index contributed by atoms with van der Waals surface area (Å²) in [5, 5.41) is 0. The number of aryl methyl sites for hydroxylation is 1. The van der Waals surface area contributed by atoms with Gasteiger partial charge < -0.3 is 9.32 Å². The number of hydrogen-bond donors (Lipinski definition) is 0. The predicted octanol–water partition coefficient (Wildman–Crippen LogP) is 3.00. The normalized spacial score (nSPS) is 14.0. The molecule has 0 saturated heterocycles. The van der Waals surface area contributed by atoms with Crippen molar-refractivity contribution in [2.75, 3.05) is 11.4 Å². The average Bonchev–Trinajstić information content (AvgIpc) is 2.99. The molecule has 0 fully saturated rings. The first-order chi connectivity index (χ1) is 10.8. The van der Waals surface area contributed by atoms with E-state index in [1.165, 1.54) is 5.69 Å². The van der Waals surface area contributed by atoms with Crippen LogP contribution >= 0.6 is 0 Å². The lowest BCUT2D eigenvalue weighted by molar-refractivity contribution is 0.494. The Kier molecular flexibility index (Phi) is 3.11. The average molecular weight is 292 g/mol. The maximum absolute atomic E-state index is 5.94. The third kappa shape index (κ3) is 2.35. The lowest BCUT2D eigenvalue weighted by atomic mass is 10.1. The maximum Gasteiger partial charge on any atom is 0.245 e. The van der Waals surface area contributed by atoms with Crippen molar-refractivity contribution >= 4 is 5.69 Å². The molecule has 0 amide bonds. The predicted molar refractivity (Wildman–Crippen MR) is 83.5 cm³/mol. The van der Waals surface area contributed by atoms with Gasteiger partial charge in [0.05, 0.1) is 12.2 Å². The van der Waals surface area contributed by atoms with Crippen LogP contribution in [0.4, 0.5) is 5.69 Å². The smallest absolute Gasteiger partial charge is 0.245 e. The molecule has 3 aromatic heterocycles. The van der Waals surface area contributed by atoms with Gasteiger partial charge >= 0.3 is 0 Å². The van der Waals surface area contributed by atoms with Gasteiger partial charge in [-0.05, 0) is 31.2 Å². The number of pyridine rings is 2. The van der Waals surface area contributed by atoms with Gasteiger partial charge in [0.1, 0.15) is 11.5 Å². The Labute approximate surface area is 128 Å². The van der Waals surface area contributed by atoms with E-state index in [4.69, 9.17) is 4.42 Å². The molecule has 110 valence electrons. The van der Waals surface area contributed by atoms with E-state index in [-0.39, 0.29) is 0 Å². The van der Waals surface area contributed by atoms with Crippen LogP contribution in [0.5, 0.6) is 0 Å². The molecule has 1 aliphatic rings. The third-order valence-electron chi connectivity index (χ3n) is 3.86. The summed E-state index contributed by atoms with van der Waals surface area (Å²) in [6.07, 6.45) is 4.48. The monoisotopic (exact) mass is 292 g/mol. The molecule has 0 spiro atoms. The zero-order valence-corrected chi connectivity index (χ0v) is 12.4. The van der Waals surface area contributed by atoms with Crippen molar-refractivity contribution in [2.24, 2.45) is 0 Å². The number of fused-ring (bicyclic) bond motifs is 1. The van der Waals surface area contributed by atoms with Crippen LogP contribution in [0, 0.1) is 6.92 Å². The van der Waals surface area contributed by atoms with E-state index < -0.39 is 0 Å². The van der Waals surface area contributed by atoms with Crippen LogP contribution in [-0.2, 0) is 13.0 Å². The van der Waals surface area contributed by atoms with Gasteiger partial charge in [0.15, 0.2) is 0 Å². The Balaban J connectivity index is 1.63. The Hall–Kier alpha value is -2.69. The van der Waals surface area contributed by atoms with Crippen molar-refractivity contribution in [3.05, 3.63) is 59.9 Å². The van der Waals surface area contributed by atoms with Crippen LogP contribution in [0.1, 0.15) is 17.1 Å². The van der Waals surface area contributed by atoms with E-state index in [1.807, 2.05) is 37.4 Å². The molecular weight excluding hydrogens is 276 g/mol. The number of hydrogen-bond acceptors (Lipinski definition) is 5. The topological polar surface area (TPSA) is 55.1 Å². The molecule has 4 rings (SSSR count). The number of anilines is 1. The van der Waals surface area contributed by atoms with Gasteiger partial charge in [0.2, 0.25) is 5.89 Å². The maximum atomic E-state index is 5.94. The fraction of sp³-hybridized carbons (Fsp3) is 0.235. The molecule has 4 heterocycles. The SMILES string of the molecule is Cc1cc(N2CCc3nc(-c4ccccn4)oc3C2)ccn1. The lowest BCUT2D eigenvalue weighted by Gasteiger charge is -2.27. The summed E-state index contributed by atoms with van der Waals surface area (Å²) in [6, 6.07) is 9.88. The molecule has 0 radical (unpaired) electrons. The molecule has 1 aliphatic heterocycles. The summed E-state index contributed by atoms with van der Waals surface area (Å²) < 4.78 is 5.94. The first-order valence-electron chi connectivity index (χ1n) is 7.37. The highest BCUT2D eigenvalue weighted by Gasteiger charge is 2.23. The number of aromatic nitrogens is 3. The highest BCUT2D eigenvalue weighted by atomic mass is 16.4. The van der Waals surface area contributed by atoms with Crippen LogP contribution in [-0.4, -0.2) is 21.5 Å². The van der Waals surface area contributed by atoms with E-state index in [0.29, 0.717) is 5.89 Å². The van der Waals surface area contributed by atoms with E-state index in [9.17, 15) is 0 Å². The van der Waals surface area contributed by atoms with Crippen LogP contribution in [0.3, 0.4) is 0 Å². The van der Waals surface area contributed by atoms with Crippen LogP contribution in [0.2, 0.25) is 0 Å².